The highest BCUT2D eigenvalue weighted by Crippen LogP contribution is 2.36. The normalized spacial score (nSPS) is 10.0. The summed E-state index contributed by atoms with van der Waals surface area (Å²) in [7, 11) is 2.80. The van der Waals surface area contributed by atoms with Gasteiger partial charge >= 0.3 is 5.97 Å². The Balaban J connectivity index is 2.12. The van der Waals surface area contributed by atoms with Crippen molar-refractivity contribution in [2.24, 2.45) is 0 Å². The van der Waals surface area contributed by atoms with Crippen LogP contribution in [0.3, 0.4) is 0 Å². The van der Waals surface area contributed by atoms with Crippen LogP contribution in [0.15, 0.2) is 36.4 Å². The van der Waals surface area contributed by atoms with E-state index in [0.717, 1.165) is 0 Å². The van der Waals surface area contributed by atoms with Gasteiger partial charge in [0.25, 0.3) is 5.91 Å². The lowest BCUT2D eigenvalue weighted by Gasteiger charge is -2.21. The van der Waals surface area contributed by atoms with Crippen LogP contribution in [0.25, 0.3) is 0 Å². The number of carbonyl (C=O) groups excluding carboxylic acids is 2. The van der Waals surface area contributed by atoms with Gasteiger partial charge < -0.3 is 19.1 Å². The van der Waals surface area contributed by atoms with Gasteiger partial charge in [0.05, 0.1) is 37.3 Å². The van der Waals surface area contributed by atoms with E-state index in [1.54, 1.807) is 0 Å². The third kappa shape index (κ3) is 5.59. The molecule has 0 saturated carbocycles. The maximum Gasteiger partial charge on any atom is 0.338 e. The molecular weight excluding hydrogens is 403 g/mol. The average Bonchev–Trinajstić information content (AvgIpc) is 2.72. The van der Waals surface area contributed by atoms with Crippen molar-refractivity contribution in [1.29, 1.82) is 5.26 Å². The Labute approximate surface area is 172 Å². The van der Waals surface area contributed by atoms with Crippen LogP contribution in [0.2, 0.25) is 5.02 Å². The van der Waals surface area contributed by atoms with E-state index in [-0.39, 0.29) is 35.1 Å². The van der Waals surface area contributed by atoms with Crippen molar-refractivity contribution < 1.29 is 28.2 Å². The number of benzene rings is 2. The number of carbonyl (C=O) groups is 2. The van der Waals surface area contributed by atoms with Gasteiger partial charge in [0.15, 0.2) is 18.1 Å². The molecule has 7 nitrogen and oxygen atoms in total. The molecule has 0 unspecified atom stereocenters. The van der Waals surface area contributed by atoms with Crippen molar-refractivity contribution in [3.8, 4) is 17.6 Å². The summed E-state index contributed by atoms with van der Waals surface area (Å²) >= 11 is 6.07. The molecule has 0 N–H and O–H groups in total. The SMILES string of the molecule is COc1cc(C(=O)OCC(=O)N(CCC#N)c2ccc(F)cc2)cc(Cl)c1OC. The van der Waals surface area contributed by atoms with Crippen molar-refractivity contribution in [2.75, 3.05) is 32.3 Å². The second-order valence-corrected chi connectivity index (χ2v) is 6.11. The predicted molar refractivity (Wildman–Crippen MR) is 104 cm³/mol. The zero-order chi connectivity index (χ0) is 21.4. The molecule has 1 amide bonds. The molecule has 2 aromatic rings. The molecule has 0 spiro atoms. The van der Waals surface area contributed by atoms with Crippen LogP contribution in [0.5, 0.6) is 11.5 Å². The standard InChI is InChI=1S/C20H18ClFN2O5/c1-27-17-11-13(10-16(21)19(17)28-2)20(26)29-12-18(25)24(9-3-8-23)15-6-4-14(22)5-7-15/h4-7,10-11H,3,9,12H2,1-2H3. The first kappa shape index (κ1) is 22.0. The summed E-state index contributed by atoms with van der Waals surface area (Å²) in [5.74, 6) is -1.31. The fraction of sp³-hybridized carbons (Fsp3) is 0.250. The number of halogens is 2. The van der Waals surface area contributed by atoms with Gasteiger partial charge in [-0.15, -0.1) is 0 Å². The molecule has 0 aliphatic carbocycles. The van der Waals surface area contributed by atoms with Crippen LogP contribution in [-0.2, 0) is 9.53 Å². The Hall–Kier alpha value is -3.31. The monoisotopic (exact) mass is 420 g/mol. The van der Waals surface area contributed by atoms with Crippen molar-refractivity contribution in [3.63, 3.8) is 0 Å². The summed E-state index contributed by atoms with van der Waals surface area (Å²) in [4.78, 5) is 26.1. The number of rotatable bonds is 8. The largest absolute Gasteiger partial charge is 0.493 e. The number of anilines is 1. The zero-order valence-corrected chi connectivity index (χ0v) is 16.5. The molecule has 0 fully saturated rings. The minimum atomic E-state index is -0.791. The fourth-order valence-electron chi connectivity index (χ4n) is 2.50. The lowest BCUT2D eigenvalue weighted by Crippen LogP contribution is -2.35. The Morgan fingerprint density at radius 2 is 1.86 bits per heavy atom. The molecule has 0 saturated heterocycles. The quantitative estimate of drug-likeness (QED) is 0.606. The summed E-state index contributed by atoms with van der Waals surface area (Å²) in [6.45, 7) is -0.506. The first-order valence-electron chi connectivity index (χ1n) is 8.42. The van der Waals surface area contributed by atoms with Gasteiger partial charge in [-0.25, -0.2) is 9.18 Å². The van der Waals surface area contributed by atoms with Crippen LogP contribution in [0, 0.1) is 17.1 Å². The van der Waals surface area contributed by atoms with Gasteiger partial charge in [-0.1, -0.05) is 11.6 Å². The second-order valence-electron chi connectivity index (χ2n) is 5.70. The molecule has 0 aliphatic rings. The fourth-order valence-corrected chi connectivity index (χ4v) is 2.79. The lowest BCUT2D eigenvalue weighted by molar-refractivity contribution is -0.121. The summed E-state index contributed by atoms with van der Waals surface area (Å²) < 4.78 is 28.5. The average molecular weight is 421 g/mol. The molecule has 0 aromatic heterocycles. The molecule has 2 rings (SSSR count). The molecule has 0 atom stereocenters. The minimum Gasteiger partial charge on any atom is -0.493 e. The predicted octanol–water partition coefficient (Wildman–Crippen LogP) is 3.60. The summed E-state index contributed by atoms with van der Waals surface area (Å²) in [5, 5.41) is 8.95. The molecule has 0 heterocycles. The van der Waals surface area contributed by atoms with E-state index in [0.29, 0.717) is 5.69 Å². The highest BCUT2D eigenvalue weighted by Gasteiger charge is 2.20. The van der Waals surface area contributed by atoms with Crippen molar-refractivity contribution in [2.45, 2.75) is 6.42 Å². The molecule has 9 heteroatoms. The van der Waals surface area contributed by atoms with Crippen LogP contribution in [0.1, 0.15) is 16.8 Å². The number of ether oxygens (including phenoxy) is 3. The Morgan fingerprint density at radius 1 is 1.17 bits per heavy atom. The van der Waals surface area contributed by atoms with Crippen molar-refractivity contribution >= 4 is 29.2 Å². The smallest absolute Gasteiger partial charge is 0.338 e. The molecular formula is C20H18ClFN2O5. The molecule has 152 valence electrons. The number of hydrogen-bond donors (Lipinski definition) is 0. The maximum atomic E-state index is 13.1. The number of esters is 1. The van der Waals surface area contributed by atoms with E-state index in [1.807, 2.05) is 6.07 Å². The summed E-state index contributed by atoms with van der Waals surface area (Å²) in [5.41, 5.74) is 0.461. The van der Waals surface area contributed by atoms with Crippen LogP contribution < -0.4 is 14.4 Å². The number of hydrogen-bond acceptors (Lipinski definition) is 6. The summed E-state index contributed by atoms with van der Waals surface area (Å²) in [6.07, 6.45) is 0.0579. The Morgan fingerprint density at radius 3 is 2.45 bits per heavy atom. The van der Waals surface area contributed by atoms with Crippen LogP contribution in [-0.4, -0.2) is 39.2 Å². The number of nitrogens with zero attached hydrogens (tertiary/aromatic N) is 2. The van der Waals surface area contributed by atoms with E-state index in [2.05, 4.69) is 0 Å². The van der Waals surface area contributed by atoms with E-state index in [4.69, 9.17) is 31.1 Å². The van der Waals surface area contributed by atoms with Gasteiger partial charge in [-0.05, 0) is 36.4 Å². The summed E-state index contributed by atoms with van der Waals surface area (Å²) in [6, 6.07) is 9.85. The highest BCUT2D eigenvalue weighted by molar-refractivity contribution is 6.32. The topological polar surface area (TPSA) is 88.9 Å². The van der Waals surface area contributed by atoms with E-state index in [9.17, 15) is 14.0 Å². The lowest BCUT2D eigenvalue weighted by atomic mass is 10.2. The molecule has 0 bridgehead atoms. The Kier molecular flexibility index (Phi) is 7.80. The molecule has 29 heavy (non-hydrogen) atoms. The Bertz CT molecular complexity index is 928. The number of methoxy groups -OCH3 is 2. The first-order valence-corrected chi connectivity index (χ1v) is 8.80. The van der Waals surface area contributed by atoms with Gasteiger partial charge in [-0.3, -0.25) is 4.79 Å². The zero-order valence-electron chi connectivity index (χ0n) is 15.8. The minimum absolute atomic E-state index is 0.0579. The van der Waals surface area contributed by atoms with Gasteiger partial charge in [-0.2, -0.15) is 5.26 Å². The molecule has 2 aromatic carbocycles. The van der Waals surface area contributed by atoms with E-state index in [1.165, 1.54) is 55.5 Å². The van der Waals surface area contributed by atoms with Crippen LogP contribution in [0.4, 0.5) is 10.1 Å². The molecule has 0 radical (unpaired) electrons. The van der Waals surface area contributed by atoms with E-state index >= 15 is 0 Å². The van der Waals surface area contributed by atoms with Crippen molar-refractivity contribution in [3.05, 3.63) is 52.8 Å². The van der Waals surface area contributed by atoms with Gasteiger partial charge in [0, 0.05) is 12.2 Å². The third-order valence-corrected chi connectivity index (χ3v) is 4.16. The first-order chi connectivity index (χ1) is 13.9. The molecule has 0 aliphatic heterocycles. The third-order valence-electron chi connectivity index (χ3n) is 3.88. The van der Waals surface area contributed by atoms with Crippen molar-refractivity contribution in [1.82, 2.24) is 0 Å². The van der Waals surface area contributed by atoms with Gasteiger partial charge in [0.2, 0.25) is 0 Å². The highest BCUT2D eigenvalue weighted by atomic mass is 35.5. The maximum absolute atomic E-state index is 13.1. The van der Waals surface area contributed by atoms with E-state index < -0.39 is 24.3 Å². The van der Waals surface area contributed by atoms with Crippen LogP contribution >= 0.6 is 11.6 Å². The second kappa shape index (κ2) is 10.3. The van der Waals surface area contributed by atoms with Gasteiger partial charge in [0.1, 0.15) is 5.82 Å². The number of nitriles is 1. The number of amides is 1.